The van der Waals surface area contributed by atoms with Crippen LogP contribution in [0, 0.1) is 5.92 Å². The molecule has 0 radical (unpaired) electrons. The van der Waals surface area contributed by atoms with Gasteiger partial charge >= 0.3 is 0 Å². The quantitative estimate of drug-likeness (QED) is 0.771. The van der Waals surface area contributed by atoms with E-state index in [1.54, 1.807) is 0 Å². The van der Waals surface area contributed by atoms with Crippen LogP contribution in [0.3, 0.4) is 0 Å². The lowest BCUT2D eigenvalue weighted by Gasteiger charge is -2.21. The van der Waals surface area contributed by atoms with E-state index >= 15 is 0 Å². The molecule has 0 saturated heterocycles. The van der Waals surface area contributed by atoms with Gasteiger partial charge in [0.05, 0.1) is 0 Å². The Morgan fingerprint density at radius 2 is 1.60 bits per heavy atom. The van der Waals surface area contributed by atoms with Crippen LogP contribution in [0.1, 0.15) is 45.7 Å². The summed E-state index contributed by atoms with van der Waals surface area (Å²) in [7, 11) is 0. The number of hydrogen-bond acceptors (Lipinski definition) is 1. The van der Waals surface area contributed by atoms with Crippen molar-refractivity contribution in [3.8, 4) is 0 Å². The third kappa shape index (κ3) is 4.48. The molecule has 0 fully saturated rings. The maximum absolute atomic E-state index is 3.63. The lowest BCUT2D eigenvalue weighted by Crippen LogP contribution is -2.30. The van der Waals surface area contributed by atoms with Crippen LogP contribution in [0.4, 0.5) is 0 Å². The van der Waals surface area contributed by atoms with Gasteiger partial charge in [-0.15, -0.1) is 0 Å². The molecule has 0 saturated carbocycles. The molecule has 1 heteroatoms. The first-order valence-corrected chi connectivity index (χ1v) is 5.90. The summed E-state index contributed by atoms with van der Waals surface area (Å²) >= 11 is 0. The van der Waals surface area contributed by atoms with Crippen LogP contribution < -0.4 is 5.32 Å². The smallest absolute Gasteiger partial charge is 0.0294 e. The predicted molar refractivity (Wildman–Crippen MR) is 66.9 cm³/mol. The Morgan fingerprint density at radius 3 is 2.13 bits per heavy atom. The molecule has 0 spiro atoms. The van der Waals surface area contributed by atoms with Crippen molar-refractivity contribution in [2.24, 2.45) is 5.92 Å². The minimum Gasteiger partial charge on any atom is -0.308 e. The molecule has 1 aromatic rings. The topological polar surface area (TPSA) is 12.0 Å². The van der Waals surface area contributed by atoms with E-state index in [4.69, 9.17) is 0 Å². The van der Waals surface area contributed by atoms with Gasteiger partial charge in [0.15, 0.2) is 0 Å². The van der Waals surface area contributed by atoms with Crippen molar-refractivity contribution in [1.29, 1.82) is 0 Å². The van der Waals surface area contributed by atoms with E-state index in [-0.39, 0.29) is 0 Å². The third-order valence-corrected chi connectivity index (χ3v) is 2.66. The average molecular weight is 205 g/mol. The zero-order valence-electron chi connectivity index (χ0n) is 10.3. The van der Waals surface area contributed by atoms with Gasteiger partial charge in [0, 0.05) is 12.1 Å². The molecule has 0 bridgehead atoms. The van der Waals surface area contributed by atoms with Gasteiger partial charge in [-0.1, -0.05) is 44.2 Å². The van der Waals surface area contributed by atoms with Crippen LogP contribution in [0.15, 0.2) is 30.3 Å². The second kappa shape index (κ2) is 5.92. The van der Waals surface area contributed by atoms with E-state index in [0.29, 0.717) is 12.1 Å². The molecule has 15 heavy (non-hydrogen) atoms. The van der Waals surface area contributed by atoms with Gasteiger partial charge in [-0.05, 0) is 31.7 Å². The standard InChI is InChI=1S/C14H23N/c1-11(2)10-12(3)15-13(4)14-8-6-5-7-9-14/h5-9,11-13,15H,10H2,1-4H3/t12-,13+/m0/s1. The summed E-state index contributed by atoms with van der Waals surface area (Å²) in [5, 5.41) is 3.63. The molecular weight excluding hydrogens is 182 g/mol. The molecule has 0 amide bonds. The Hall–Kier alpha value is -0.820. The summed E-state index contributed by atoms with van der Waals surface area (Å²) in [5.41, 5.74) is 1.37. The predicted octanol–water partition coefficient (Wildman–Crippen LogP) is 3.77. The highest BCUT2D eigenvalue weighted by atomic mass is 14.9. The molecule has 0 heterocycles. The highest BCUT2D eigenvalue weighted by Gasteiger charge is 2.09. The molecule has 2 atom stereocenters. The normalized spacial score (nSPS) is 15.3. The molecular formula is C14H23N. The summed E-state index contributed by atoms with van der Waals surface area (Å²) in [6.07, 6.45) is 1.23. The Kier molecular flexibility index (Phi) is 4.83. The SMILES string of the molecule is CC(C)C[C@H](C)N[C@H](C)c1ccccc1. The molecule has 1 nitrogen and oxygen atoms in total. The number of hydrogen-bond donors (Lipinski definition) is 1. The first-order valence-electron chi connectivity index (χ1n) is 5.90. The fraction of sp³-hybridized carbons (Fsp3) is 0.571. The van der Waals surface area contributed by atoms with E-state index in [9.17, 15) is 0 Å². The summed E-state index contributed by atoms with van der Waals surface area (Å²) in [6, 6.07) is 11.6. The third-order valence-electron chi connectivity index (χ3n) is 2.66. The molecule has 0 aliphatic heterocycles. The molecule has 1 aromatic carbocycles. The zero-order valence-corrected chi connectivity index (χ0v) is 10.3. The van der Waals surface area contributed by atoms with Crippen molar-refractivity contribution in [2.75, 3.05) is 0 Å². The van der Waals surface area contributed by atoms with Crippen LogP contribution in [-0.2, 0) is 0 Å². The van der Waals surface area contributed by atoms with E-state index < -0.39 is 0 Å². The van der Waals surface area contributed by atoms with Crippen molar-refractivity contribution < 1.29 is 0 Å². The molecule has 0 aromatic heterocycles. The maximum atomic E-state index is 3.63. The van der Waals surface area contributed by atoms with E-state index in [2.05, 4.69) is 63.3 Å². The number of nitrogens with one attached hydrogen (secondary N) is 1. The van der Waals surface area contributed by atoms with Gasteiger partial charge in [0.1, 0.15) is 0 Å². The second-order valence-corrected chi connectivity index (χ2v) is 4.83. The van der Waals surface area contributed by atoms with Gasteiger partial charge in [0.25, 0.3) is 0 Å². The van der Waals surface area contributed by atoms with Crippen molar-refractivity contribution >= 4 is 0 Å². The Balaban J connectivity index is 2.45. The average Bonchev–Trinajstić information content (AvgIpc) is 2.17. The summed E-state index contributed by atoms with van der Waals surface area (Å²) in [5.74, 6) is 0.760. The molecule has 0 aliphatic rings. The van der Waals surface area contributed by atoms with Gasteiger partial charge in [-0.25, -0.2) is 0 Å². The Morgan fingerprint density at radius 1 is 1.00 bits per heavy atom. The maximum Gasteiger partial charge on any atom is 0.0294 e. The summed E-state index contributed by atoms with van der Waals surface area (Å²) in [6.45, 7) is 9.03. The van der Waals surface area contributed by atoms with Gasteiger partial charge in [-0.3, -0.25) is 0 Å². The van der Waals surface area contributed by atoms with Crippen molar-refractivity contribution in [3.63, 3.8) is 0 Å². The van der Waals surface area contributed by atoms with Crippen LogP contribution in [0.25, 0.3) is 0 Å². The summed E-state index contributed by atoms with van der Waals surface area (Å²) in [4.78, 5) is 0. The highest BCUT2D eigenvalue weighted by Crippen LogP contribution is 2.14. The van der Waals surface area contributed by atoms with Crippen LogP contribution in [-0.4, -0.2) is 6.04 Å². The minimum atomic E-state index is 0.444. The number of rotatable bonds is 5. The minimum absolute atomic E-state index is 0.444. The lowest BCUT2D eigenvalue weighted by atomic mass is 10.0. The highest BCUT2D eigenvalue weighted by molar-refractivity contribution is 5.18. The fourth-order valence-corrected chi connectivity index (χ4v) is 2.04. The Labute approximate surface area is 93.9 Å². The van der Waals surface area contributed by atoms with Crippen LogP contribution in [0.5, 0.6) is 0 Å². The first kappa shape index (κ1) is 12.3. The largest absolute Gasteiger partial charge is 0.308 e. The molecule has 0 aliphatic carbocycles. The second-order valence-electron chi connectivity index (χ2n) is 4.83. The molecule has 1 rings (SSSR count). The lowest BCUT2D eigenvalue weighted by molar-refractivity contribution is 0.407. The van der Waals surface area contributed by atoms with Gasteiger partial charge in [-0.2, -0.15) is 0 Å². The van der Waals surface area contributed by atoms with Crippen molar-refractivity contribution in [2.45, 2.75) is 46.2 Å². The summed E-state index contributed by atoms with van der Waals surface area (Å²) < 4.78 is 0. The fourth-order valence-electron chi connectivity index (χ4n) is 2.04. The Bertz CT molecular complexity index is 266. The zero-order chi connectivity index (χ0) is 11.3. The van der Waals surface area contributed by atoms with Crippen molar-refractivity contribution in [3.05, 3.63) is 35.9 Å². The van der Waals surface area contributed by atoms with Crippen LogP contribution in [0.2, 0.25) is 0 Å². The molecule has 1 N–H and O–H groups in total. The molecule has 84 valence electrons. The first-order chi connectivity index (χ1) is 7.09. The van der Waals surface area contributed by atoms with E-state index in [1.165, 1.54) is 12.0 Å². The monoisotopic (exact) mass is 205 g/mol. The van der Waals surface area contributed by atoms with E-state index in [1.807, 2.05) is 0 Å². The molecule has 0 unspecified atom stereocenters. The number of benzene rings is 1. The van der Waals surface area contributed by atoms with E-state index in [0.717, 1.165) is 5.92 Å². The van der Waals surface area contributed by atoms with Gasteiger partial charge < -0.3 is 5.32 Å². The van der Waals surface area contributed by atoms with Gasteiger partial charge in [0.2, 0.25) is 0 Å². The van der Waals surface area contributed by atoms with Crippen LogP contribution >= 0.6 is 0 Å². The van der Waals surface area contributed by atoms with Crippen molar-refractivity contribution in [1.82, 2.24) is 5.32 Å².